The first kappa shape index (κ1) is 14.3. The summed E-state index contributed by atoms with van der Waals surface area (Å²) < 4.78 is 28.6. The molecule has 4 heteroatoms. The van der Waals surface area contributed by atoms with E-state index >= 15 is 0 Å². The van der Waals surface area contributed by atoms with Gasteiger partial charge in [-0.25, -0.2) is 0 Å². The van der Waals surface area contributed by atoms with E-state index < -0.39 is 6.61 Å². The first-order valence-corrected chi connectivity index (χ1v) is 6.99. The van der Waals surface area contributed by atoms with Gasteiger partial charge < -0.3 is 10.1 Å². The number of hydrogen-bond acceptors (Lipinski definition) is 2. The van der Waals surface area contributed by atoms with E-state index in [2.05, 4.69) is 17.0 Å². The molecule has 1 atom stereocenters. The van der Waals surface area contributed by atoms with Gasteiger partial charge in [0.2, 0.25) is 0 Å². The maximum absolute atomic E-state index is 12.1. The standard InChI is InChI=1S/C15H21F2NO/c1-2-18-14(11-5-3-4-6-11)12-7-9-13(10-8-12)19-15(16)17/h7-11,14-15,18H,2-6H2,1H3. The van der Waals surface area contributed by atoms with Crippen LogP contribution >= 0.6 is 0 Å². The molecule has 1 N–H and O–H groups in total. The molecule has 1 saturated carbocycles. The minimum absolute atomic E-state index is 0.223. The van der Waals surface area contributed by atoms with Gasteiger partial charge in [-0.05, 0) is 43.0 Å². The molecule has 0 amide bonds. The van der Waals surface area contributed by atoms with Crippen molar-refractivity contribution in [2.24, 2.45) is 5.92 Å². The number of nitrogens with one attached hydrogen (secondary N) is 1. The molecule has 1 aromatic rings. The number of rotatable bonds is 6. The van der Waals surface area contributed by atoms with E-state index in [4.69, 9.17) is 0 Å². The summed E-state index contributed by atoms with van der Waals surface area (Å²) in [6.45, 7) is 0.248. The minimum Gasteiger partial charge on any atom is -0.435 e. The average Bonchev–Trinajstić information content (AvgIpc) is 2.90. The Labute approximate surface area is 113 Å². The number of alkyl halides is 2. The molecule has 2 nitrogen and oxygen atoms in total. The fraction of sp³-hybridized carbons (Fsp3) is 0.600. The van der Waals surface area contributed by atoms with E-state index in [0.717, 1.165) is 12.1 Å². The van der Waals surface area contributed by atoms with Crippen molar-refractivity contribution in [1.29, 1.82) is 0 Å². The van der Waals surface area contributed by atoms with Crippen LogP contribution < -0.4 is 10.1 Å². The molecule has 0 aromatic heterocycles. The summed E-state index contributed by atoms with van der Waals surface area (Å²) in [5.74, 6) is 0.877. The quantitative estimate of drug-likeness (QED) is 0.838. The Morgan fingerprint density at radius 1 is 1.21 bits per heavy atom. The second-order valence-electron chi connectivity index (χ2n) is 5.03. The van der Waals surface area contributed by atoms with E-state index in [0.29, 0.717) is 12.0 Å². The van der Waals surface area contributed by atoms with Crippen molar-refractivity contribution in [3.8, 4) is 5.75 Å². The molecule has 0 aliphatic heterocycles. The topological polar surface area (TPSA) is 21.3 Å². The summed E-state index contributed by atoms with van der Waals surface area (Å²) in [5.41, 5.74) is 1.16. The third-order valence-corrected chi connectivity index (χ3v) is 3.76. The Bertz CT molecular complexity index is 374. The minimum atomic E-state index is -2.76. The fourth-order valence-corrected chi connectivity index (χ4v) is 2.92. The summed E-state index contributed by atoms with van der Waals surface area (Å²) in [4.78, 5) is 0. The van der Waals surface area contributed by atoms with Crippen molar-refractivity contribution < 1.29 is 13.5 Å². The number of benzene rings is 1. The van der Waals surface area contributed by atoms with E-state index in [1.807, 2.05) is 12.1 Å². The largest absolute Gasteiger partial charge is 0.435 e. The van der Waals surface area contributed by atoms with E-state index in [1.54, 1.807) is 12.1 Å². The molecule has 0 bridgehead atoms. The maximum atomic E-state index is 12.1. The zero-order valence-electron chi connectivity index (χ0n) is 11.2. The Balaban J connectivity index is 2.08. The van der Waals surface area contributed by atoms with Crippen LogP contribution in [0.15, 0.2) is 24.3 Å². The molecular formula is C15H21F2NO. The van der Waals surface area contributed by atoms with Crippen LogP contribution in [0, 0.1) is 5.92 Å². The maximum Gasteiger partial charge on any atom is 0.387 e. The van der Waals surface area contributed by atoms with Gasteiger partial charge in [0.15, 0.2) is 0 Å². The number of ether oxygens (including phenoxy) is 1. The third kappa shape index (κ3) is 3.90. The monoisotopic (exact) mass is 269 g/mol. The molecule has 2 rings (SSSR count). The fourth-order valence-electron chi connectivity index (χ4n) is 2.92. The Hall–Kier alpha value is -1.16. The Kier molecular flexibility index (Phi) is 5.14. The lowest BCUT2D eigenvalue weighted by molar-refractivity contribution is -0.0498. The lowest BCUT2D eigenvalue weighted by Crippen LogP contribution is -2.26. The van der Waals surface area contributed by atoms with Crippen LogP contribution in [0.2, 0.25) is 0 Å². The van der Waals surface area contributed by atoms with Gasteiger partial charge in [-0.2, -0.15) is 8.78 Å². The van der Waals surface area contributed by atoms with Crippen molar-refractivity contribution >= 4 is 0 Å². The molecule has 106 valence electrons. The summed E-state index contributed by atoms with van der Waals surface area (Å²) in [6.07, 6.45) is 5.07. The number of halogens is 2. The predicted octanol–water partition coefficient (Wildman–Crippen LogP) is 4.13. The summed E-state index contributed by atoms with van der Waals surface area (Å²) in [7, 11) is 0. The van der Waals surface area contributed by atoms with Gasteiger partial charge >= 0.3 is 6.61 Å². The molecule has 0 heterocycles. The SMILES string of the molecule is CCNC(c1ccc(OC(F)F)cc1)C1CCCC1. The normalized spacial score (nSPS) is 17.9. The summed E-state index contributed by atoms with van der Waals surface area (Å²) >= 11 is 0. The summed E-state index contributed by atoms with van der Waals surface area (Å²) in [5, 5.41) is 3.51. The van der Waals surface area contributed by atoms with E-state index in [1.165, 1.54) is 25.7 Å². The molecule has 1 aliphatic carbocycles. The van der Waals surface area contributed by atoms with Crippen molar-refractivity contribution in [2.75, 3.05) is 6.54 Å². The molecule has 1 aliphatic rings. The zero-order valence-corrected chi connectivity index (χ0v) is 11.2. The molecule has 0 radical (unpaired) electrons. The van der Waals surface area contributed by atoms with Gasteiger partial charge in [0.1, 0.15) is 5.75 Å². The zero-order chi connectivity index (χ0) is 13.7. The van der Waals surface area contributed by atoms with Crippen LogP contribution in [0.4, 0.5) is 8.78 Å². The van der Waals surface area contributed by atoms with Crippen LogP contribution in [0.25, 0.3) is 0 Å². The summed E-state index contributed by atoms with van der Waals surface area (Å²) in [6, 6.07) is 7.36. The van der Waals surface area contributed by atoms with Crippen LogP contribution in [0.3, 0.4) is 0 Å². The second-order valence-corrected chi connectivity index (χ2v) is 5.03. The lowest BCUT2D eigenvalue weighted by Gasteiger charge is -2.25. The highest BCUT2D eigenvalue weighted by atomic mass is 19.3. The van der Waals surface area contributed by atoms with Gasteiger partial charge in [0.25, 0.3) is 0 Å². The van der Waals surface area contributed by atoms with Crippen LogP contribution in [0.1, 0.15) is 44.2 Å². The van der Waals surface area contributed by atoms with Crippen LogP contribution in [-0.2, 0) is 0 Å². The van der Waals surface area contributed by atoms with Crippen molar-refractivity contribution in [3.63, 3.8) is 0 Å². The highest BCUT2D eigenvalue weighted by Gasteiger charge is 2.25. The molecule has 0 spiro atoms. The van der Waals surface area contributed by atoms with Gasteiger partial charge in [-0.15, -0.1) is 0 Å². The van der Waals surface area contributed by atoms with Gasteiger partial charge in [-0.3, -0.25) is 0 Å². The van der Waals surface area contributed by atoms with Crippen molar-refractivity contribution in [2.45, 2.75) is 45.3 Å². The second kappa shape index (κ2) is 6.85. The first-order chi connectivity index (χ1) is 9.20. The molecule has 1 fully saturated rings. The van der Waals surface area contributed by atoms with Gasteiger partial charge in [-0.1, -0.05) is 31.9 Å². The smallest absolute Gasteiger partial charge is 0.387 e. The third-order valence-electron chi connectivity index (χ3n) is 3.76. The first-order valence-electron chi connectivity index (χ1n) is 6.99. The Morgan fingerprint density at radius 3 is 2.37 bits per heavy atom. The number of hydrogen-bond donors (Lipinski definition) is 1. The van der Waals surface area contributed by atoms with Gasteiger partial charge in [0.05, 0.1) is 0 Å². The van der Waals surface area contributed by atoms with E-state index in [-0.39, 0.29) is 5.75 Å². The highest BCUT2D eigenvalue weighted by molar-refractivity contribution is 5.29. The molecule has 1 aromatic carbocycles. The molecular weight excluding hydrogens is 248 g/mol. The molecule has 19 heavy (non-hydrogen) atoms. The predicted molar refractivity (Wildman–Crippen MR) is 71.4 cm³/mol. The molecule has 1 unspecified atom stereocenters. The van der Waals surface area contributed by atoms with Crippen molar-refractivity contribution in [1.82, 2.24) is 5.32 Å². The lowest BCUT2D eigenvalue weighted by atomic mass is 9.91. The average molecular weight is 269 g/mol. The van der Waals surface area contributed by atoms with Crippen molar-refractivity contribution in [3.05, 3.63) is 29.8 Å². The van der Waals surface area contributed by atoms with E-state index in [9.17, 15) is 8.78 Å². The molecule has 0 saturated heterocycles. The highest BCUT2D eigenvalue weighted by Crippen LogP contribution is 2.36. The van der Waals surface area contributed by atoms with Gasteiger partial charge in [0, 0.05) is 6.04 Å². The van der Waals surface area contributed by atoms with Crippen LogP contribution in [-0.4, -0.2) is 13.2 Å². The van der Waals surface area contributed by atoms with Crippen LogP contribution in [0.5, 0.6) is 5.75 Å². The Morgan fingerprint density at radius 2 is 1.84 bits per heavy atom.